The number of benzene rings is 3. The molecule has 6 heteroatoms. The minimum absolute atomic E-state index is 0.0499. The summed E-state index contributed by atoms with van der Waals surface area (Å²) in [7, 11) is 0. The number of hydrogen-bond donors (Lipinski definition) is 1. The zero-order valence-corrected chi connectivity index (χ0v) is 22.2. The zero-order valence-electron chi connectivity index (χ0n) is 20.6. The molecule has 0 saturated heterocycles. The molecule has 0 aromatic heterocycles. The number of nitrogens with zero attached hydrogens (tertiary/aromatic N) is 1. The second-order valence-corrected chi connectivity index (χ2v) is 12.7. The predicted octanol–water partition coefficient (Wildman–Crippen LogP) is 8.36. The number of nitro groups is 1. The van der Waals surface area contributed by atoms with Crippen LogP contribution in [0.15, 0.2) is 86.8 Å². The van der Waals surface area contributed by atoms with Gasteiger partial charge in [-0.05, 0) is 63.9 Å². The van der Waals surface area contributed by atoms with E-state index in [2.05, 4.69) is 90.1 Å². The molecule has 0 atom stereocenters. The molecule has 0 fully saturated rings. The van der Waals surface area contributed by atoms with Crippen molar-refractivity contribution in [3.8, 4) is 0 Å². The highest BCUT2D eigenvalue weighted by molar-refractivity contribution is 8.22. The topological polar surface area (TPSA) is 69.2 Å². The Morgan fingerprint density at radius 1 is 0.706 bits per heavy atom. The van der Waals surface area contributed by atoms with E-state index in [0.717, 1.165) is 19.6 Å². The Morgan fingerprint density at radius 2 is 1.09 bits per heavy atom. The van der Waals surface area contributed by atoms with Crippen LogP contribution in [0, 0.1) is 10.1 Å². The third-order valence-electron chi connectivity index (χ3n) is 5.47. The molecular weight excluding hydrogens is 460 g/mol. The first kappa shape index (κ1) is 25.9. The lowest BCUT2D eigenvalue weighted by molar-refractivity contribution is -0.384. The molecule has 3 aromatic carbocycles. The Balaban J connectivity index is 1.96. The van der Waals surface area contributed by atoms with Gasteiger partial charge in [0.2, 0.25) is 0 Å². The fourth-order valence-electron chi connectivity index (χ4n) is 3.27. The van der Waals surface area contributed by atoms with Crippen LogP contribution in [-0.4, -0.2) is 4.92 Å². The van der Waals surface area contributed by atoms with Crippen LogP contribution < -0.4 is 5.73 Å². The molecule has 0 spiro atoms. The molecule has 0 unspecified atom stereocenters. The van der Waals surface area contributed by atoms with Crippen molar-refractivity contribution in [3.05, 3.63) is 104 Å². The smallest absolute Gasteiger partial charge is 0.269 e. The summed E-state index contributed by atoms with van der Waals surface area (Å²) in [5.41, 5.74) is 10.8. The predicted molar refractivity (Wildman–Crippen MR) is 146 cm³/mol. The van der Waals surface area contributed by atoms with E-state index in [4.69, 9.17) is 5.73 Å². The van der Waals surface area contributed by atoms with Gasteiger partial charge in [0, 0.05) is 21.9 Å². The van der Waals surface area contributed by atoms with Crippen molar-refractivity contribution >= 4 is 34.9 Å². The summed E-state index contributed by atoms with van der Waals surface area (Å²) in [5, 5.41) is 11.0. The van der Waals surface area contributed by atoms with E-state index in [1.54, 1.807) is 35.7 Å². The van der Waals surface area contributed by atoms with Crippen molar-refractivity contribution in [3.63, 3.8) is 0 Å². The molecule has 0 heterocycles. The number of nitro benzene ring substituents is 1. The summed E-state index contributed by atoms with van der Waals surface area (Å²) in [6.07, 6.45) is 0. The summed E-state index contributed by atoms with van der Waals surface area (Å²) in [6.45, 7) is 13.2. The van der Waals surface area contributed by atoms with Gasteiger partial charge < -0.3 is 5.73 Å². The van der Waals surface area contributed by atoms with Crippen LogP contribution in [0.2, 0.25) is 0 Å². The maximum Gasteiger partial charge on any atom is 0.269 e. The van der Waals surface area contributed by atoms with Crippen LogP contribution in [0.4, 0.5) is 5.69 Å². The van der Waals surface area contributed by atoms with E-state index in [1.165, 1.54) is 23.3 Å². The minimum atomic E-state index is -0.401. The lowest BCUT2D eigenvalue weighted by Crippen LogP contribution is -2.10. The average molecular weight is 493 g/mol. The molecule has 0 saturated carbocycles. The molecule has 3 aromatic rings. The Morgan fingerprint density at radius 3 is 1.41 bits per heavy atom. The van der Waals surface area contributed by atoms with Gasteiger partial charge in [0.05, 0.1) is 14.9 Å². The van der Waals surface area contributed by atoms with Crippen LogP contribution in [0.25, 0.3) is 5.70 Å². The first-order valence-corrected chi connectivity index (χ1v) is 12.8. The lowest BCUT2D eigenvalue weighted by Gasteiger charge is -2.20. The molecule has 0 aliphatic rings. The number of rotatable bonds is 6. The lowest BCUT2D eigenvalue weighted by atomic mass is 9.87. The van der Waals surface area contributed by atoms with Crippen molar-refractivity contribution in [2.45, 2.75) is 62.2 Å². The van der Waals surface area contributed by atoms with Gasteiger partial charge in [0.25, 0.3) is 5.69 Å². The fraction of sp³-hybridized carbons (Fsp3) is 0.286. The first-order chi connectivity index (χ1) is 15.8. The molecule has 0 amide bonds. The molecule has 0 radical (unpaired) electrons. The van der Waals surface area contributed by atoms with Gasteiger partial charge in [-0.3, -0.25) is 10.1 Å². The Labute approximate surface area is 211 Å². The normalized spacial score (nSPS) is 11.8. The highest BCUT2D eigenvalue weighted by atomic mass is 32.2. The summed E-state index contributed by atoms with van der Waals surface area (Å²) < 4.78 is 0.931. The second kappa shape index (κ2) is 10.3. The minimum Gasteiger partial charge on any atom is -0.397 e. The summed E-state index contributed by atoms with van der Waals surface area (Å²) >= 11 is 3.22. The van der Waals surface area contributed by atoms with Crippen LogP contribution in [0.3, 0.4) is 0 Å². The van der Waals surface area contributed by atoms with Gasteiger partial charge in [-0.25, -0.2) is 0 Å². The molecule has 0 bridgehead atoms. The van der Waals surface area contributed by atoms with E-state index in [1.807, 2.05) is 0 Å². The van der Waals surface area contributed by atoms with Crippen molar-refractivity contribution in [2.24, 2.45) is 5.73 Å². The first-order valence-electron chi connectivity index (χ1n) is 11.2. The van der Waals surface area contributed by atoms with E-state index < -0.39 is 4.92 Å². The molecule has 4 nitrogen and oxygen atoms in total. The highest BCUT2D eigenvalue weighted by Gasteiger charge is 2.17. The number of hydrogen-bond acceptors (Lipinski definition) is 5. The van der Waals surface area contributed by atoms with E-state index in [0.29, 0.717) is 5.70 Å². The van der Waals surface area contributed by atoms with E-state index >= 15 is 0 Å². The Kier molecular flexibility index (Phi) is 7.84. The van der Waals surface area contributed by atoms with Crippen molar-refractivity contribution in [2.75, 3.05) is 0 Å². The third-order valence-corrected chi connectivity index (χ3v) is 7.80. The monoisotopic (exact) mass is 492 g/mol. The molecule has 3 rings (SSSR count). The zero-order chi connectivity index (χ0) is 25.1. The highest BCUT2D eigenvalue weighted by Crippen LogP contribution is 2.43. The average Bonchev–Trinajstić information content (AvgIpc) is 2.78. The maximum absolute atomic E-state index is 11.0. The molecule has 2 N–H and O–H groups in total. The van der Waals surface area contributed by atoms with Crippen molar-refractivity contribution in [1.82, 2.24) is 0 Å². The van der Waals surface area contributed by atoms with Crippen molar-refractivity contribution in [1.29, 1.82) is 0 Å². The number of thioether (sulfide) groups is 2. The van der Waals surface area contributed by atoms with Crippen LogP contribution in [0.5, 0.6) is 0 Å². The molecule has 178 valence electrons. The maximum atomic E-state index is 11.0. The second-order valence-electron chi connectivity index (χ2n) is 10.3. The summed E-state index contributed by atoms with van der Waals surface area (Å²) in [6, 6.07) is 23.5. The Bertz CT molecular complexity index is 1110. The molecule has 0 aliphatic carbocycles. The summed E-state index contributed by atoms with van der Waals surface area (Å²) in [4.78, 5) is 12.8. The van der Waals surface area contributed by atoms with Gasteiger partial charge in [0.1, 0.15) is 0 Å². The van der Waals surface area contributed by atoms with Gasteiger partial charge in [-0.1, -0.05) is 89.3 Å². The summed E-state index contributed by atoms with van der Waals surface area (Å²) in [5.74, 6) is 0. The van der Waals surface area contributed by atoms with Crippen LogP contribution in [0.1, 0.15) is 58.2 Å². The largest absolute Gasteiger partial charge is 0.397 e. The molecule has 0 aliphatic heterocycles. The van der Waals surface area contributed by atoms with E-state index in [-0.39, 0.29) is 16.5 Å². The third kappa shape index (κ3) is 6.67. The molecular formula is C28H32N2O2S2. The van der Waals surface area contributed by atoms with Gasteiger partial charge >= 0.3 is 0 Å². The SMILES string of the molecule is CC(C)(C)c1ccc(SC(Sc2ccc(C(C)(C)C)cc2)=C(N)c2ccc([N+](=O)[O-])cc2)cc1. The van der Waals surface area contributed by atoms with E-state index in [9.17, 15) is 10.1 Å². The van der Waals surface area contributed by atoms with Crippen molar-refractivity contribution < 1.29 is 4.92 Å². The molecule has 34 heavy (non-hydrogen) atoms. The quantitative estimate of drug-likeness (QED) is 0.213. The fourth-order valence-corrected chi connectivity index (χ4v) is 5.44. The van der Waals surface area contributed by atoms with Gasteiger partial charge in [-0.2, -0.15) is 0 Å². The standard InChI is InChI=1S/C28H32N2O2S2/c1-27(2,3)20-9-15-23(16-10-20)33-26(25(29)19-7-13-22(14-8-19)30(31)32)34-24-17-11-21(12-18-24)28(4,5)6/h7-18H,29H2,1-6H3. The number of non-ortho nitro benzene ring substituents is 1. The number of nitrogens with two attached hydrogens (primary N) is 1. The van der Waals surface area contributed by atoms with Crippen LogP contribution in [-0.2, 0) is 10.8 Å². The Hall–Kier alpha value is -2.70. The van der Waals surface area contributed by atoms with Gasteiger partial charge in [-0.15, -0.1) is 0 Å². The van der Waals surface area contributed by atoms with Crippen LogP contribution >= 0.6 is 23.5 Å². The van der Waals surface area contributed by atoms with Gasteiger partial charge in [0.15, 0.2) is 0 Å².